The Labute approximate surface area is 121 Å². The van der Waals surface area contributed by atoms with Crippen molar-refractivity contribution in [2.45, 2.75) is 25.5 Å². The summed E-state index contributed by atoms with van der Waals surface area (Å²) in [5.74, 6) is -4.80. The first-order valence-corrected chi connectivity index (χ1v) is 10.4. The Kier molecular flexibility index (Phi) is 8.12. The molecule has 0 aliphatic heterocycles. The highest BCUT2D eigenvalue weighted by atomic mass is 33.1. The molecule has 0 aromatic carbocycles. The molecule has 0 aliphatic rings. The van der Waals surface area contributed by atoms with E-state index < -0.39 is 22.5 Å². The van der Waals surface area contributed by atoms with Gasteiger partial charge in [-0.15, -0.1) is 0 Å². The van der Waals surface area contributed by atoms with Crippen LogP contribution < -0.4 is 0 Å². The summed E-state index contributed by atoms with van der Waals surface area (Å²) in [7, 11) is 1.26. The van der Waals surface area contributed by atoms with Crippen LogP contribution in [0.15, 0.2) is 0 Å². The Morgan fingerprint density at radius 2 is 1.58 bits per heavy atom. The summed E-state index contributed by atoms with van der Waals surface area (Å²) in [6.45, 7) is 4.81. The summed E-state index contributed by atoms with van der Waals surface area (Å²) in [6.07, 6.45) is 1.58. The van der Waals surface area contributed by atoms with Crippen LogP contribution in [0.2, 0.25) is 0 Å². The number of hydrogen-bond acceptors (Lipinski definition) is 8. The Hall–Kier alpha value is -0.170. The molecule has 0 bridgehead atoms. The predicted molar refractivity (Wildman–Crippen MR) is 77.4 cm³/mol. The van der Waals surface area contributed by atoms with Crippen LogP contribution in [0.25, 0.3) is 0 Å². The third-order valence-corrected chi connectivity index (χ3v) is 9.90. The van der Waals surface area contributed by atoms with E-state index in [2.05, 4.69) is 0 Å². The molecule has 0 N–H and O–H groups in total. The summed E-state index contributed by atoms with van der Waals surface area (Å²) in [5, 5.41) is 0. The summed E-state index contributed by atoms with van der Waals surface area (Å²) >= 11 is 1.59. The average molecular weight is 330 g/mol. The lowest BCUT2D eigenvalue weighted by molar-refractivity contribution is -0.157. The lowest BCUT2D eigenvalue weighted by atomic mass is 10.2. The second kappa shape index (κ2) is 8.19. The highest BCUT2D eigenvalue weighted by Crippen LogP contribution is 2.72. The van der Waals surface area contributed by atoms with Gasteiger partial charge in [0.1, 0.15) is 0 Å². The van der Waals surface area contributed by atoms with Crippen LogP contribution in [0.3, 0.4) is 0 Å². The van der Waals surface area contributed by atoms with E-state index >= 15 is 0 Å². The zero-order valence-corrected chi connectivity index (χ0v) is 14.2. The van der Waals surface area contributed by atoms with Crippen LogP contribution >= 0.6 is 28.5 Å². The minimum atomic E-state index is -3.23. The summed E-state index contributed by atoms with van der Waals surface area (Å²) in [5.41, 5.74) is 0. The molecule has 0 saturated carbocycles. The van der Waals surface area contributed by atoms with E-state index in [1.54, 1.807) is 20.1 Å². The van der Waals surface area contributed by atoms with Crippen molar-refractivity contribution >= 4 is 40.5 Å². The molecule has 0 radical (unpaired) electrons. The quantitative estimate of drug-likeness (QED) is 0.382. The first-order chi connectivity index (χ1) is 8.79. The fraction of sp³-hybridized carbons (Fsp3) is 0.800. The molecule has 0 rings (SSSR count). The number of rotatable bonds is 8. The molecular weight excluding hydrogens is 311 g/mol. The van der Waals surface area contributed by atoms with E-state index in [4.69, 9.17) is 14.0 Å². The monoisotopic (exact) mass is 330 g/mol. The van der Waals surface area contributed by atoms with E-state index in [9.17, 15) is 14.2 Å². The van der Waals surface area contributed by atoms with Crippen molar-refractivity contribution in [3.8, 4) is 0 Å². The minimum absolute atomic E-state index is 0.116. The second-order valence-electron chi connectivity index (χ2n) is 3.38. The van der Waals surface area contributed by atoms with Gasteiger partial charge in [-0.3, -0.25) is 4.57 Å². The third kappa shape index (κ3) is 5.02. The zero-order valence-electron chi connectivity index (χ0n) is 11.6. The van der Waals surface area contributed by atoms with Gasteiger partial charge in [0.15, 0.2) is 0 Å². The van der Waals surface area contributed by atoms with Gasteiger partial charge in [0, 0.05) is 7.11 Å². The van der Waals surface area contributed by atoms with Crippen LogP contribution in [0.1, 0.15) is 20.8 Å². The number of carbonyl (C=O) groups is 2. The molecule has 9 heteroatoms. The molecule has 1 unspecified atom stereocenters. The van der Waals surface area contributed by atoms with Gasteiger partial charge in [-0.25, -0.2) is 9.59 Å². The van der Waals surface area contributed by atoms with E-state index in [1.165, 1.54) is 14.0 Å². The highest BCUT2D eigenvalue weighted by Gasteiger charge is 2.50. The van der Waals surface area contributed by atoms with Crippen molar-refractivity contribution in [3.63, 3.8) is 0 Å². The van der Waals surface area contributed by atoms with Gasteiger partial charge < -0.3 is 14.0 Å². The fourth-order valence-electron chi connectivity index (χ4n) is 1.07. The predicted octanol–water partition coefficient (Wildman–Crippen LogP) is 2.72. The van der Waals surface area contributed by atoms with Crippen LogP contribution in [0.4, 0.5) is 0 Å². The number of hydrogen-bond donors (Lipinski definition) is 0. The van der Waals surface area contributed by atoms with Gasteiger partial charge in [-0.2, -0.15) is 0 Å². The Bertz CT molecular complexity index is 347. The molecule has 0 saturated heterocycles. The van der Waals surface area contributed by atoms with Crippen LogP contribution in [-0.4, -0.2) is 43.3 Å². The van der Waals surface area contributed by atoms with Crippen molar-refractivity contribution in [1.82, 2.24) is 0 Å². The molecule has 0 aromatic heterocycles. The van der Waals surface area contributed by atoms with Gasteiger partial charge in [0.05, 0.1) is 13.2 Å². The van der Waals surface area contributed by atoms with E-state index in [-0.39, 0.29) is 13.2 Å². The standard InChI is InChI=1S/C10H19O6PS2/c1-6-15-8(11)10(3,9(12)16-7-2)19-17(13,14-4)18-5/h6-7H2,1-5H3. The van der Waals surface area contributed by atoms with Crippen LogP contribution in [-0.2, 0) is 28.2 Å². The minimum Gasteiger partial charge on any atom is -0.465 e. The molecule has 0 fully saturated rings. The molecule has 0 spiro atoms. The van der Waals surface area contributed by atoms with Gasteiger partial charge >= 0.3 is 17.7 Å². The molecule has 0 aliphatic carbocycles. The van der Waals surface area contributed by atoms with Crippen molar-refractivity contribution in [3.05, 3.63) is 0 Å². The maximum Gasteiger partial charge on any atom is 0.334 e. The normalized spacial score (nSPS) is 14.6. The lowest BCUT2D eigenvalue weighted by Gasteiger charge is -2.26. The molecule has 112 valence electrons. The molecule has 0 amide bonds. The summed E-state index contributed by atoms with van der Waals surface area (Å²) in [6, 6.07) is 0. The van der Waals surface area contributed by atoms with E-state index in [1.807, 2.05) is 0 Å². The largest absolute Gasteiger partial charge is 0.465 e. The van der Waals surface area contributed by atoms with Crippen LogP contribution in [0, 0.1) is 0 Å². The maximum atomic E-state index is 12.3. The molecule has 1 atom stereocenters. The van der Waals surface area contributed by atoms with Crippen molar-refractivity contribution in [1.29, 1.82) is 0 Å². The van der Waals surface area contributed by atoms with Crippen molar-refractivity contribution in [2.75, 3.05) is 26.6 Å². The Balaban J connectivity index is 5.33. The van der Waals surface area contributed by atoms with E-state index in [0.717, 1.165) is 11.4 Å². The summed E-state index contributed by atoms with van der Waals surface area (Å²) in [4.78, 5) is 23.9. The number of ether oxygens (including phenoxy) is 2. The Morgan fingerprint density at radius 1 is 1.16 bits per heavy atom. The topological polar surface area (TPSA) is 78.9 Å². The SMILES string of the molecule is CCOC(=O)C(C)(SP(=O)(OC)SC)C(=O)OCC. The number of esters is 2. The Morgan fingerprint density at radius 3 is 1.84 bits per heavy atom. The maximum absolute atomic E-state index is 12.3. The first-order valence-electron chi connectivity index (χ1n) is 5.56. The molecule has 0 aromatic rings. The van der Waals surface area contributed by atoms with E-state index in [0.29, 0.717) is 11.4 Å². The highest BCUT2D eigenvalue weighted by molar-refractivity contribution is 8.89. The van der Waals surface area contributed by atoms with Gasteiger partial charge in [0.25, 0.3) is 0 Å². The average Bonchev–Trinajstić information content (AvgIpc) is 2.38. The van der Waals surface area contributed by atoms with Crippen LogP contribution in [0.5, 0.6) is 0 Å². The summed E-state index contributed by atoms with van der Waals surface area (Å²) < 4.78 is 25.2. The van der Waals surface area contributed by atoms with Crippen molar-refractivity contribution in [2.24, 2.45) is 0 Å². The fourth-order valence-corrected chi connectivity index (χ4v) is 6.78. The van der Waals surface area contributed by atoms with Crippen molar-refractivity contribution < 1.29 is 28.2 Å². The number of carbonyl (C=O) groups excluding carboxylic acids is 2. The smallest absolute Gasteiger partial charge is 0.334 e. The zero-order chi connectivity index (χ0) is 15.1. The molecule has 6 nitrogen and oxygen atoms in total. The lowest BCUT2D eigenvalue weighted by Crippen LogP contribution is -2.43. The van der Waals surface area contributed by atoms with Gasteiger partial charge in [-0.1, -0.05) is 11.4 Å². The third-order valence-electron chi connectivity index (χ3n) is 2.07. The van der Waals surface area contributed by atoms with Gasteiger partial charge in [0.2, 0.25) is 4.75 Å². The molecule has 0 heterocycles. The first kappa shape index (κ1) is 18.8. The molecule has 19 heavy (non-hydrogen) atoms. The second-order valence-corrected chi connectivity index (χ2v) is 11.2. The molecular formula is C10H19O6PS2. The van der Waals surface area contributed by atoms with Gasteiger partial charge in [-0.05, 0) is 38.4 Å².